The Morgan fingerprint density at radius 3 is 2.61 bits per heavy atom. The first-order chi connectivity index (χ1) is 14.8. The molecule has 2 aromatic carbocycles. The van der Waals surface area contributed by atoms with Gasteiger partial charge in [0, 0.05) is 30.5 Å². The van der Waals surface area contributed by atoms with Gasteiger partial charge in [0.15, 0.2) is 5.13 Å². The number of aromatic nitrogens is 1. The maximum atomic E-state index is 14.1. The summed E-state index contributed by atoms with van der Waals surface area (Å²) in [6, 6.07) is 8.50. The third-order valence-corrected chi connectivity index (χ3v) is 4.78. The fourth-order valence-electron chi connectivity index (χ4n) is 2.55. The summed E-state index contributed by atoms with van der Waals surface area (Å²) in [5, 5.41) is 14.7. The van der Waals surface area contributed by atoms with E-state index < -0.39 is 28.4 Å². The summed E-state index contributed by atoms with van der Waals surface area (Å²) in [4.78, 5) is 39.5. The lowest BCUT2D eigenvalue weighted by atomic mass is 10.2. The summed E-state index contributed by atoms with van der Waals surface area (Å²) < 4.78 is 27.9. The van der Waals surface area contributed by atoms with E-state index in [0.29, 0.717) is 5.69 Å². The molecule has 0 aliphatic heterocycles. The number of non-ortho nitro benzene ring substituents is 1. The third-order valence-electron chi connectivity index (χ3n) is 3.93. The highest BCUT2D eigenvalue weighted by molar-refractivity contribution is 7.14. The van der Waals surface area contributed by atoms with Crippen LogP contribution < -0.4 is 10.2 Å². The minimum Gasteiger partial charge on any atom is -0.320 e. The van der Waals surface area contributed by atoms with E-state index in [1.165, 1.54) is 31.2 Å². The van der Waals surface area contributed by atoms with Gasteiger partial charge in [0.1, 0.15) is 11.6 Å². The van der Waals surface area contributed by atoms with Crippen LogP contribution in [0.3, 0.4) is 0 Å². The van der Waals surface area contributed by atoms with Gasteiger partial charge in [-0.1, -0.05) is 12.1 Å². The molecule has 1 aromatic heterocycles. The van der Waals surface area contributed by atoms with E-state index in [2.05, 4.69) is 10.3 Å². The van der Waals surface area contributed by atoms with Crippen LogP contribution in [0.15, 0.2) is 53.9 Å². The molecule has 11 heteroatoms. The number of nitrogens with zero attached hydrogens (tertiary/aromatic N) is 3. The minimum atomic E-state index is -0.828. The summed E-state index contributed by atoms with van der Waals surface area (Å²) in [6.45, 7) is 1.27. The Morgan fingerprint density at radius 1 is 1.19 bits per heavy atom. The molecule has 0 radical (unpaired) electrons. The van der Waals surface area contributed by atoms with Gasteiger partial charge in [-0.2, -0.15) is 0 Å². The van der Waals surface area contributed by atoms with Crippen molar-refractivity contribution in [1.29, 1.82) is 0 Å². The summed E-state index contributed by atoms with van der Waals surface area (Å²) in [6.07, 6.45) is 2.36. The summed E-state index contributed by atoms with van der Waals surface area (Å²) in [7, 11) is 0. The van der Waals surface area contributed by atoms with Gasteiger partial charge in [0.05, 0.1) is 22.0 Å². The van der Waals surface area contributed by atoms with Gasteiger partial charge >= 0.3 is 0 Å². The van der Waals surface area contributed by atoms with Crippen molar-refractivity contribution in [3.8, 4) is 0 Å². The number of hydrogen-bond acceptors (Lipinski definition) is 6. The van der Waals surface area contributed by atoms with Crippen LogP contribution in [0.5, 0.6) is 0 Å². The zero-order valence-corrected chi connectivity index (χ0v) is 16.7. The van der Waals surface area contributed by atoms with Gasteiger partial charge in [0.2, 0.25) is 11.8 Å². The highest BCUT2D eigenvalue weighted by Gasteiger charge is 2.20. The smallest absolute Gasteiger partial charge is 0.271 e. The number of para-hydroxylation sites is 1. The van der Waals surface area contributed by atoms with Gasteiger partial charge < -0.3 is 5.32 Å². The number of anilines is 3. The fraction of sp³-hybridized carbons (Fsp3) is 0.0500. The molecule has 1 N–H and O–H groups in total. The molecule has 0 aliphatic carbocycles. The van der Waals surface area contributed by atoms with Crippen LogP contribution in [0.4, 0.5) is 31.0 Å². The van der Waals surface area contributed by atoms with E-state index in [-0.39, 0.29) is 22.2 Å². The average molecular weight is 444 g/mol. The highest BCUT2D eigenvalue weighted by atomic mass is 32.1. The second-order valence-corrected chi connectivity index (χ2v) is 6.94. The van der Waals surface area contributed by atoms with Crippen molar-refractivity contribution in [1.82, 2.24) is 4.98 Å². The molecule has 158 valence electrons. The van der Waals surface area contributed by atoms with Crippen LogP contribution in [0, 0.1) is 21.7 Å². The fourth-order valence-corrected chi connectivity index (χ4v) is 3.40. The average Bonchev–Trinajstić information content (AvgIpc) is 3.18. The zero-order chi connectivity index (χ0) is 22.5. The van der Waals surface area contributed by atoms with Crippen molar-refractivity contribution in [2.45, 2.75) is 6.92 Å². The van der Waals surface area contributed by atoms with E-state index >= 15 is 0 Å². The molecule has 0 aliphatic rings. The maximum Gasteiger partial charge on any atom is 0.271 e. The number of carbonyl (C=O) groups is 2. The molecule has 0 saturated heterocycles. The zero-order valence-electron chi connectivity index (χ0n) is 15.9. The number of benzene rings is 2. The van der Waals surface area contributed by atoms with Crippen LogP contribution in [-0.2, 0) is 9.59 Å². The summed E-state index contributed by atoms with van der Waals surface area (Å²) in [5.41, 5.74) is -0.372. The standard InChI is InChI=1S/C20H14F2N4O4S/c1-12(27)25(18-5-3-2-4-16(18)22)20-23-13(11-31-20)6-9-19(28)24-17-10-14(26(29)30)7-8-15(17)21/h2-11H,1H3,(H,24,28)/b9-6+. The Kier molecular flexibility index (Phi) is 6.46. The predicted molar refractivity (Wildman–Crippen MR) is 112 cm³/mol. The molecule has 1 heterocycles. The molecule has 0 fully saturated rings. The van der Waals surface area contributed by atoms with E-state index in [4.69, 9.17) is 0 Å². The first kappa shape index (κ1) is 21.7. The number of carbonyl (C=O) groups excluding carboxylic acids is 2. The van der Waals surface area contributed by atoms with Gasteiger partial charge in [-0.15, -0.1) is 11.3 Å². The first-order valence-corrected chi connectivity index (χ1v) is 9.58. The number of rotatable bonds is 6. The lowest BCUT2D eigenvalue weighted by molar-refractivity contribution is -0.384. The molecule has 0 bridgehead atoms. The molecule has 0 atom stereocenters. The van der Waals surface area contributed by atoms with Crippen LogP contribution in [0.25, 0.3) is 6.08 Å². The lowest BCUT2D eigenvalue weighted by Crippen LogP contribution is -2.23. The third kappa shape index (κ3) is 5.14. The normalized spacial score (nSPS) is 10.8. The van der Waals surface area contributed by atoms with Crippen molar-refractivity contribution in [2.75, 3.05) is 10.2 Å². The van der Waals surface area contributed by atoms with Crippen molar-refractivity contribution in [3.63, 3.8) is 0 Å². The maximum absolute atomic E-state index is 14.1. The molecule has 0 unspecified atom stereocenters. The summed E-state index contributed by atoms with van der Waals surface area (Å²) in [5.74, 6) is -2.62. The van der Waals surface area contributed by atoms with Crippen molar-refractivity contribution < 1.29 is 23.3 Å². The number of nitrogens with one attached hydrogen (secondary N) is 1. The molecule has 0 spiro atoms. The lowest BCUT2D eigenvalue weighted by Gasteiger charge is -2.18. The quantitative estimate of drug-likeness (QED) is 0.338. The van der Waals surface area contributed by atoms with Crippen LogP contribution in [0.2, 0.25) is 0 Å². The second kappa shape index (κ2) is 9.22. The topological polar surface area (TPSA) is 105 Å². The van der Waals surface area contributed by atoms with Gasteiger partial charge in [0.25, 0.3) is 5.69 Å². The number of amides is 2. The Bertz CT molecular complexity index is 1200. The molecular formula is C20H14F2N4O4S. The number of nitro groups is 1. The van der Waals surface area contributed by atoms with Gasteiger partial charge in [-0.25, -0.2) is 13.8 Å². The van der Waals surface area contributed by atoms with Crippen LogP contribution in [-0.4, -0.2) is 21.7 Å². The molecule has 2 amide bonds. The number of thiazole rings is 1. The van der Waals surface area contributed by atoms with Crippen molar-refractivity contribution in [2.24, 2.45) is 0 Å². The van der Waals surface area contributed by atoms with Crippen LogP contribution >= 0.6 is 11.3 Å². The van der Waals surface area contributed by atoms with Crippen molar-refractivity contribution in [3.05, 3.63) is 81.4 Å². The molecule has 0 saturated carbocycles. The van der Waals surface area contributed by atoms with Gasteiger partial charge in [-0.3, -0.25) is 24.6 Å². The number of nitro benzene ring substituents is 1. The van der Waals surface area contributed by atoms with Crippen molar-refractivity contribution >= 4 is 51.4 Å². The molecule has 8 nitrogen and oxygen atoms in total. The highest BCUT2D eigenvalue weighted by Crippen LogP contribution is 2.31. The van der Waals surface area contributed by atoms with E-state index in [0.717, 1.165) is 40.5 Å². The molecule has 3 rings (SSSR count). The minimum absolute atomic E-state index is 0.0405. The Morgan fingerprint density at radius 2 is 1.94 bits per heavy atom. The van der Waals surface area contributed by atoms with E-state index in [1.807, 2.05) is 0 Å². The monoisotopic (exact) mass is 444 g/mol. The Balaban J connectivity index is 1.77. The van der Waals surface area contributed by atoms with Crippen LogP contribution in [0.1, 0.15) is 12.6 Å². The Hall–Kier alpha value is -3.99. The Labute approximate surface area is 178 Å². The van der Waals surface area contributed by atoms with E-state index in [1.54, 1.807) is 11.4 Å². The van der Waals surface area contributed by atoms with E-state index in [9.17, 15) is 28.5 Å². The largest absolute Gasteiger partial charge is 0.320 e. The SMILES string of the molecule is CC(=O)N(c1nc(/C=C/C(=O)Nc2cc([N+](=O)[O-])ccc2F)cs1)c1ccccc1F. The summed E-state index contributed by atoms with van der Waals surface area (Å²) >= 11 is 1.06. The number of hydrogen-bond donors (Lipinski definition) is 1. The number of halogens is 2. The second-order valence-electron chi connectivity index (χ2n) is 6.10. The molecule has 31 heavy (non-hydrogen) atoms. The first-order valence-electron chi connectivity index (χ1n) is 8.70. The molecule has 3 aromatic rings. The predicted octanol–water partition coefficient (Wildman–Crippen LogP) is 4.67. The van der Waals surface area contributed by atoms with Gasteiger partial charge in [-0.05, 0) is 24.3 Å². The molecular weight excluding hydrogens is 430 g/mol.